The molecular weight excluding hydrogens is 747 g/mol. The topological polar surface area (TPSA) is 38.1 Å². The van der Waals surface area contributed by atoms with Gasteiger partial charge in [-0.05, 0) is 129 Å². The van der Waals surface area contributed by atoms with Crippen LogP contribution in [-0.4, -0.2) is 19.9 Å². The van der Waals surface area contributed by atoms with Crippen molar-refractivity contribution in [2.75, 3.05) is 23.0 Å². The maximum absolute atomic E-state index is 7.24. The van der Waals surface area contributed by atoms with Crippen LogP contribution >= 0.6 is 0 Å². The lowest BCUT2D eigenvalue weighted by Gasteiger charge is -2.44. The van der Waals surface area contributed by atoms with E-state index in [4.69, 9.17) is 13.9 Å². The summed E-state index contributed by atoms with van der Waals surface area (Å²) in [7, 11) is 0. The summed E-state index contributed by atoms with van der Waals surface area (Å²) in [5.74, 6) is 2.43. The lowest BCUT2D eigenvalue weighted by Crippen LogP contribution is -2.61. The van der Waals surface area contributed by atoms with Gasteiger partial charge >= 0.3 is 0 Å². The van der Waals surface area contributed by atoms with Crippen molar-refractivity contribution in [1.29, 1.82) is 0 Å². The summed E-state index contributed by atoms with van der Waals surface area (Å²) < 4.78 is 20.1. The molecule has 0 bridgehead atoms. The van der Waals surface area contributed by atoms with Gasteiger partial charge in [-0.2, -0.15) is 0 Å². The van der Waals surface area contributed by atoms with E-state index >= 15 is 0 Å². The molecule has 0 N–H and O–H groups in total. The highest BCUT2D eigenvalue weighted by Gasteiger charge is 2.48. The lowest BCUT2D eigenvalue weighted by molar-refractivity contribution is 0.172. The van der Waals surface area contributed by atoms with Crippen molar-refractivity contribution in [3.63, 3.8) is 0 Å². The highest BCUT2D eigenvalue weighted by molar-refractivity contribution is 7.01. The predicted molar refractivity (Wildman–Crippen MR) is 257 cm³/mol. The van der Waals surface area contributed by atoms with Crippen molar-refractivity contribution >= 4 is 68.4 Å². The van der Waals surface area contributed by atoms with Crippen LogP contribution in [0.15, 0.2) is 108 Å². The maximum atomic E-state index is 7.24. The molecule has 6 heteroatoms. The highest BCUT2D eigenvalue weighted by Crippen LogP contribution is 2.51. The van der Waals surface area contributed by atoms with E-state index in [1.165, 1.54) is 60.9 Å². The first-order valence-electron chi connectivity index (χ1n) is 22.0. The number of benzene rings is 6. The summed E-state index contributed by atoms with van der Waals surface area (Å²) >= 11 is 0. The van der Waals surface area contributed by atoms with Crippen molar-refractivity contribution < 1.29 is 13.9 Å². The van der Waals surface area contributed by atoms with Crippen LogP contribution in [0.3, 0.4) is 0 Å². The average Bonchev–Trinajstić information content (AvgIpc) is 3.58. The summed E-state index contributed by atoms with van der Waals surface area (Å²) in [6.45, 7) is 28.3. The summed E-state index contributed by atoms with van der Waals surface area (Å²) in [4.78, 5) is 4.96. The van der Waals surface area contributed by atoms with Gasteiger partial charge in [-0.15, -0.1) is 0 Å². The fourth-order valence-electron chi connectivity index (χ4n) is 9.92. The molecular formula is C55H57BN2O3. The number of fused-ring (bicyclic) bond motifs is 7. The van der Waals surface area contributed by atoms with Crippen LogP contribution in [0.2, 0.25) is 0 Å². The molecule has 308 valence electrons. The maximum Gasteiger partial charge on any atom is 0.257 e. The predicted octanol–water partition coefficient (Wildman–Crippen LogP) is 12.8. The van der Waals surface area contributed by atoms with Gasteiger partial charge in [-0.1, -0.05) is 117 Å². The van der Waals surface area contributed by atoms with Gasteiger partial charge in [-0.25, -0.2) is 0 Å². The highest BCUT2D eigenvalue weighted by atomic mass is 16.6. The van der Waals surface area contributed by atoms with E-state index in [2.05, 4.69) is 196 Å². The molecule has 4 heterocycles. The third-order valence-corrected chi connectivity index (χ3v) is 13.1. The van der Waals surface area contributed by atoms with E-state index in [0.29, 0.717) is 13.2 Å². The SMILES string of the molecule is Cc1cc2c3c(c1)N(c1c(C)cc(C(C)(C)C)cc1C)c1oc4ccc(C(C)(C)C)cc4c1B3c1cc3c(cc1N2c1ccc(C(C)(C)C)cc1-c1ccccc1)OCCO3. The van der Waals surface area contributed by atoms with Crippen LogP contribution < -0.4 is 35.7 Å². The molecule has 3 aliphatic rings. The molecule has 6 aromatic carbocycles. The number of nitrogens with zero attached hydrogens (tertiary/aromatic N) is 2. The van der Waals surface area contributed by atoms with Crippen molar-refractivity contribution in [3.8, 4) is 22.6 Å². The molecule has 7 aromatic rings. The van der Waals surface area contributed by atoms with Gasteiger partial charge in [0.25, 0.3) is 6.71 Å². The molecule has 0 radical (unpaired) electrons. The smallest absolute Gasteiger partial charge is 0.257 e. The summed E-state index contributed by atoms with van der Waals surface area (Å²) in [5, 5.41) is 1.14. The first kappa shape index (κ1) is 39.3. The van der Waals surface area contributed by atoms with Crippen molar-refractivity contribution in [2.24, 2.45) is 0 Å². The summed E-state index contributed by atoms with van der Waals surface area (Å²) in [5.41, 5.74) is 19.9. The molecule has 0 amide bonds. The largest absolute Gasteiger partial charge is 0.486 e. The minimum Gasteiger partial charge on any atom is -0.486 e. The van der Waals surface area contributed by atoms with Crippen LogP contribution in [0, 0.1) is 20.8 Å². The Morgan fingerprint density at radius 3 is 1.75 bits per heavy atom. The van der Waals surface area contributed by atoms with Gasteiger partial charge in [0.1, 0.15) is 18.8 Å². The Morgan fingerprint density at radius 1 is 0.525 bits per heavy atom. The Labute approximate surface area is 362 Å². The van der Waals surface area contributed by atoms with Crippen LogP contribution in [0.1, 0.15) is 95.7 Å². The van der Waals surface area contributed by atoms with E-state index in [-0.39, 0.29) is 23.0 Å². The van der Waals surface area contributed by atoms with Gasteiger partial charge in [0.15, 0.2) is 11.5 Å². The van der Waals surface area contributed by atoms with Gasteiger partial charge in [-0.3, -0.25) is 4.90 Å². The molecule has 0 unspecified atom stereocenters. The minimum absolute atomic E-state index is 0.00551. The Kier molecular flexibility index (Phi) is 8.73. The van der Waals surface area contributed by atoms with E-state index < -0.39 is 0 Å². The molecule has 0 spiro atoms. The Bertz CT molecular complexity index is 2900. The molecule has 5 nitrogen and oxygen atoms in total. The van der Waals surface area contributed by atoms with E-state index in [1.54, 1.807) is 0 Å². The Hall–Kier alpha value is -5.88. The summed E-state index contributed by atoms with van der Waals surface area (Å²) in [6, 6.07) is 38.8. The van der Waals surface area contributed by atoms with E-state index in [1.807, 2.05) is 0 Å². The first-order valence-corrected chi connectivity index (χ1v) is 22.0. The van der Waals surface area contributed by atoms with Gasteiger partial charge < -0.3 is 18.8 Å². The standard InChI is InChI=1S/C55H57BN2O3/c1-32-24-44-50-45(25-32)58(51-33(2)26-38(27-34(51)3)55(10,11)12)52-49(40-29-37(54(7,8)9)19-21-46(40)61-52)56(50)41-30-47-48(60-23-22-59-47)31-43(41)57(44)42-20-18-36(53(4,5)6)28-39(42)35-16-14-13-15-17-35/h13-21,24-31H,22-23H2,1-12H3. The Morgan fingerprint density at radius 2 is 1.11 bits per heavy atom. The second-order valence-corrected chi connectivity index (χ2v) is 20.7. The van der Waals surface area contributed by atoms with Crippen LogP contribution in [0.5, 0.6) is 11.5 Å². The van der Waals surface area contributed by atoms with Crippen molar-refractivity contribution in [2.45, 2.75) is 99.3 Å². The monoisotopic (exact) mass is 804 g/mol. The molecule has 0 aliphatic carbocycles. The van der Waals surface area contributed by atoms with Gasteiger partial charge in [0.2, 0.25) is 5.88 Å². The number of ether oxygens (including phenoxy) is 2. The molecule has 10 rings (SSSR count). The molecule has 0 saturated carbocycles. The number of hydrogen-bond donors (Lipinski definition) is 0. The first-order chi connectivity index (χ1) is 28.9. The number of furan rings is 1. The molecule has 0 saturated heterocycles. The number of hydrogen-bond acceptors (Lipinski definition) is 5. The molecule has 0 atom stereocenters. The summed E-state index contributed by atoms with van der Waals surface area (Å²) in [6.07, 6.45) is 0. The van der Waals surface area contributed by atoms with E-state index in [9.17, 15) is 0 Å². The zero-order valence-corrected chi connectivity index (χ0v) is 37.9. The average molecular weight is 805 g/mol. The third kappa shape index (κ3) is 6.27. The molecule has 0 fully saturated rings. The Balaban J connectivity index is 1.35. The minimum atomic E-state index is -0.154. The normalized spacial score (nSPS) is 14.6. The zero-order valence-electron chi connectivity index (χ0n) is 37.9. The molecule has 61 heavy (non-hydrogen) atoms. The lowest BCUT2D eigenvalue weighted by atomic mass is 9.33. The second kappa shape index (κ2) is 13.6. The number of anilines is 6. The fraction of sp³-hybridized carbons (Fsp3) is 0.309. The third-order valence-electron chi connectivity index (χ3n) is 13.1. The molecule has 3 aliphatic heterocycles. The quantitative estimate of drug-likeness (QED) is 0.166. The molecule has 1 aromatic heterocycles. The van der Waals surface area contributed by atoms with Crippen LogP contribution in [0.25, 0.3) is 22.1 Å². The van der Waals surface area contributed by atoms with E-state index in [0.717, 1.165) is 56.8 Å². The number of rotatable bonds is 3. The van der Waals surface area contributed by atoms with Crippen LogP contribution in [0.4, 0.5) is 34.3 Å². The van der Waals surface area contributed by atoms with Crippen molar-refractivity contribution in [1.82, 2.24) is 0 Å². The van der Waals surface area contributed by atoms with Gasteiger partial charge in [0, 0.05) is 39.5 Å². The zero-order chi connectivity index (χ0) is 42.9. The number of aryl methyl sites for hydroxylation is 3. The second-order valence-electron chi connectivity index (χ2n) is 20.7. The van der Waals surface area contributed by atoms with Gasteiger partial charge in [0.05, 0.1) is 11.4 Å². The van der Waals surface area contributed by atoms with Crippen molar-refractivity contribution in [3.05, 3.63) is 137 Å². The van der Waals surface area contributed by atoms with Crippen LogP contribution in [-0.2, 0) is 16.2 Å². The fourth-order valence-corrected chi connectivity index (χ4v) is 9.92.